The van der Waals surface area contributed by atoms with E-state index in [4.69, 9.17) is 4.74 Å². The van der Waals surface area contributed by atoms with Crippen molar-refractivity contribution in [1.82, 2.24) is 10.6 Å². The smallest absolute Gasteiger partial charge is 0.310 e. The summed E-state index contributed by atoms with van der Waals surface area (Å²) in [5.41, 5.74) is 0.886. The van der Waals surface area contributed by atoms with Crippen molar-refractivity contribution in [1.29, 1.82) is 0 Å². The number of rotatable bonds is 5. The number of benzene rings is 1. The summed E-state index contributed by atoms with van der Waals surface area (Å²) in [4.78, 5) is 12.7. The molecule has 132 valence electrons. The van der Waals surface area contributed by atoms with Crippen LogP contribution in [0.5, 0.6) is 0 Å². The second kappa shape index (κ2) is 8.13. The van der Waals surface area contributed by atoms with Crippen molar-refractivity contribution in [3.8, 4) is 0 Å². The average molecular weight is 330 g/mol. The van der Waals surface area contributed by atoms with Crippen LogP contribution in [0.3, 0.4) is 0 Å². The van der Waals surface area contributed by atoms with Gasteiger partial charge in [0.25, 0.3) is 0 Å². The molecule has 2 fully saturated rings. The summed E-state index contributed by atoms with van der Waals surface area (Å²) < 4.78 is 5.64. The second-order valence-electron chi connectivity index (χ2n) is 7.32. The Balaban J connectivity index is 1.66. The van der Waals surface area contributed by atoms with Crippen LogP contribution in [0.1, 0.15) is 51.0 Å². The lowest BCUT2D eigenvalue weighted by Gasteiger charge is -2.40. The van der Waals surface area contributed by atoms with E-state index in [-0.39, 0.29) is 17.4 Å². The number of nitrogens with one attached hydrogen (secondary N) is 2. The lowest BCUT2D eigenvalue weighted by molar-refractivity contribution is -0.153. The van der Waals surface area contributed by atoms with Gasteiger partial charge in [-0.25, -0.2) is 0 Å². The van der Waals surface area contributed by atoms with E-state index in [1.54, 1.807) is 0 Å². The van der Waals surface area contributed by atoms with Crippen LogP contribution in [0.4, 0.5) is 0 Å². The van der Waals surface area contributed by atoms with E-state index < -0.39 is 0 Å². The summed E-state index contributed by atoms with van der Waals surface area (Å²) in [5, 5.41) is 7.06. The third-order valence-electron chi connectivity index (χ3n) is 5.89. The summed E-state index contributed by atoms with van der Waals surface area (Å²) in [6.07, 6.45) is 7.63. The van der Waals surface area contributed by atoms with Gasteiger partial charge < -0.3 is 10.1 Å². The second-order valence-corrected chi connectivity index (χ2v) is 7.32. The predicted octanol–water partition coefficient (Wildman–Crippen LogP) is 3.23. The normalized spacial score (nSPS) is 26.7. The fraction of sp³-hybridized carbons (Fsp3) is 0.650. The first-order chi connectivity index (χ1) is 11.7. The fourth-order valence-corrected chi connectivity index (χ4v) is 4.37. The van der Waals surface area contributed by atoms with E-state index >= 15 is 0 Å². The van der Waals surface area contributed by atoms with E-state index in [0.717, 1.165) is 18.8 Å². The summed E-state index contributed by atoms with van der Waals surface area (Å²) in [6, 6.07) is 9.91. The molecule has 24 heavy (non-hydrogen) atoms. The van der Waals surface area contributed by atoms with Gasteiger partial charge in [-0.1, -0.05) is 62.9 Å². The van der Waals surface area contributed by atoms with Crippen molar-refractivity contribution in [3.05, 3.63) is 35.9 Å². The standard InChI is InChI=1S/C20H30N2O2/c1-16(19(23)24-13-17-9-5-4-6-10-17)20(14-21-15-22-20)18-11-7-2-3-8-12-18/h4-6,9-10,16,18,21-22H,2-3,7-8,11-15H2,1H3. The van der Waals surface area contributed by atoms with E-state index in [0.29, 0.717) is 12.5 Å². The molecule has 0 radical (unpaired) electrons. The third kappa shape index (κ3) is 3.81. The maximum absolute atomic E-state index is 12.7. The van der Waals surface area contributed by atoms with Crippen LogP contribution in [0.2, 0.25) is 0 Å². The summed E-state index contributed by atoms with van der Waals surface area (Å²) in [5.74, 6) is 0.327. The van der Waals surface area contributed by atoms with Gasteiger partial charge in [0, 0.05) is 18.8 Å². The molecule has 1 saturated heterocycles. The quantitative estimate of drug-likeness (QED) is 0.643. The highest BCUT2D eigenvalue weighted by atomic mass is 16.5. The fourth-order valence-electron chi connectivity index (χ4n) is 4.37. The number of hydrogen-bond acceptors (Lipinski definition) is 4. The highest BCUT2D eigenvalue weighted by Crippen LogP contribution is 2.38. The summed E-state index contributed by atoms with van der Waals surface area (Å²) in [6.45, 7) is 4.04. The molecule has 2 atom stereocenters. The van der Waals surface area contributed by atoms with Gasteiger partial charge in [-0.3, -0.25) is 10.1 Å². The zero-order chi connectivity index (χ0) is 16.8. The molecular weight excluding hydrogens is 300 g/mol. The van der Waals surface area contributed by atoms with Crippen molar-refractivity contribution in [2.75, 3.05) is 13.2 Å². The molecule has 2 N–H and O–H groups in total. The predicted molar refractivity (Wildman–Crippen MR) is 95.3 cm³/mol. The molecule has 0 spiro atoms. The summed E-state index contributed by atoms with van der Waals surface area (Å²) >= 11 is 0. The van der Waals surface area contributed by atoms with Gasteiger partial charge in [0.15, 0.2) is 0 Å². The molecule has 0 amide bonds. The van der Waals surface area contributed by atoms with Gasteiger partial charge >= 0.3 is 5.97 Å². The number of carbonyl (C=O) groups is 1. The minimum Gasteiger partial charge on any atom is -0.461 e. The Morgan fingerprint density at radius 2 is 1.92 bits per heavy atom. The zero-order valence-electron chi connectivity index (χ0n) is 14.7. The van der Waals surface area contributed by atoms with Crippen molar-refractivity contribution >= 4 is 5.97 Å². The van der Waals surface area contributed by atoms with Gasteiger partial charge in [0.1, 0.15) is 6.61 Å². The maximum Gasteiger partial charge on any atom is 0.310 e. The largest absolute Gasteiger partial charge is 0.461 e. The van der Waals surface area contributed by atoms with Crippen molar-refractivity contribution in [3.63, 3.8) is 0 Å². The van der Waals surface area contributed by atoms with Crippen molar-refractivity contribution in [2.24, 2.45) is 11.8 Å². The third-order valence-corrected chi connectivity index (χ3v) is 5.89. The van der Waals surface area contributed by atoms with Crippen molar-refractivity contribution < 1.29 is 9.53 Å². The van der Waals surface area contributed by atoms with Crippen LogP contribution in [0.15, 0.2) is 30.3 Å². The number of carbonyl (C=O) groups excluding carboxylic acids is 1. The van der Waals surface area contributed by atoms with Crippen LogP contribution in [-0.2, 0) is 16.1 Å². The molecule has 3 rings (SSSR count). The first-order valence-electron chi connectivity index (χ1n) is 9.39. The highest BCUT2D eigenvalue weighted by Gasteiger charge is 2.48. The molecule has 1 aliphatic heterocycles. The zero-order valence-corrected chi connectivity index (χ0v) is 14.7. The maximum atomic E-state index is 12.7. The molecule has 0 aromatic heterocycles. The van der Waals surface area contributed by atoms with E-state index in [2.05, 4.69) is 10.6 Å². The van der Waals surface area contributed by atoms with Crippen LogP contribution < -0.4 is 10.6 Å². The first-order valence-corrected chi connectivity index (χ1v) is 9.39. The topological polar surface area (TPSA) is 50.4 Å². The van der Waals surface area contributed by atoms with Crippen molar-refractivity contribution in [2.45, 2.75) is 57.6 Å². The van der Waals surface area contributed by atoms with Gasteiger partial charge in [0.2, 0.25) is 0 Å². The van der Waals surface area contributed by atoms with E-state index in [1.165, 1.54) is 38.5 Å². The highest BCUT2D eigenvalue weighted by molar-refractivity contribution is 5.74. The van der Waals surface area contributed by atoms with Gasteiger partial charge in [-0.15, -0.1) is 0 Å². The molecule has 4 heteroatoms. The number of esters is 1. The minimum absolute atomic E-state index is 0.0840. The molecule has 1 heterocycles. The van der Waals surface area contributed by atoms with Crippen LogP contribution in [0.25, 0.3) is 0 Å². The molecule has 2 aliphatic rings. The van der Waals surface area contributed by atoms with Crippen LogP contribution in [0, 0.1) is 11.8 Å². The molecule has 1 aliphatic carbocycles. The Hall–Kier alpha value is -1.39. The number of ether oxygens (including phenoxy) is 1. The van der Waals surface area contributed by atoms with Gasteiger partial charge in [-0.2, -0.15) is 0 Å². The number of hydrogen-bond donors (Lipinski definition) is 2. The lowest BCUT2D eigenvalue weighted by Crippen LogP contribution is -2.57. The molecule has 1 aromatic carbocycles. The molecule has 0 bridgehead atoms. The molecule has 1 saturated carbocycles. The summed E-state index contributed by atoms with van der Waals surface area (Å²) in [7, 11) is 0. The minimum atomic E-state index is -0.155. The molecule has 2 unspecified atom stereocenters. The monoisotopic (exact) mass is 330 g/mol. The van der Waals surface area contributed by atoms with Crippen LogP contribution >= 0.6 is 0 Å². The van der Waals surface area contributed by atoms with Gasteiger partial charge in [-0.05, 0) is 24.3 Å². The lowest BCUT2D eigenvalue weighted by atomic mass is 9.71. The Morgan fingerprint density at radius 3 is 2.54 bits per heavy atom. The Labute approximate surface area is 145 Å². The Kier molecular flexibility index (Phi) is 5.90. The van der Waals surface area contributed by atoms with Crippen LogP contribution in [-0.4, -0.2) is 24.7 Å². The molecule has 1 aromatic rings. The average Bonchev–Trinajstić information content (AvgIpc) is 2.96. The first kappa shape index (κ1) is 17.4. The Bertz CT molecular complexity index is 518. The van der Waals surface area contributed by atoms with E-state index in [9.17, 15) is 4.79 Å². The molecule has 4 nitrogen and oxygen atoms in total. The van der Waals surface area contributed by atoms with Gasteiger partial charge in [0.05, 0.1) is 5.92 Å². The Morgan fingerprint density at radius 1 is 1.21 bits per heavy atom. The van der Waals surface area contributed by atoms with E-state index in [1.807, 2.05) is 37.3 Å². The SMILES string of the molecule is CC(C(=O)OCc1ccccc1)C1(C2CCCCCC2)CNCN1. The molecular formula is C20H30N2O2.